The van der Waals surface area contributed by atoms with E-state index in [0.29, 0.717) is 6.04 Å². The third-order valence-electron chi connectivity index (χ3n) is 6.28. The maximum Gasteiger partial charge on any atom is 0.225 e. The summed E-state index contributed by atoms with van der Waals surface area (Å²) in [5.74, 6) is 0.265. The SMILES string of the molecule is Cc1ccc(N2CCN3c4ccccc4C[C@H](C(=O)NC4CC4)[C@H]3C2)cc1. The van der Waals surface area contributed by atoms with Gasteiger partial charge in [0.25, 0.3) is 0 Å². The van der Waals surface area contributed by atoms with Gasteiger partial charge in [0.1, 0.15) is 0 Å². The fourth-order valence-electron chi connectivity index (χ4n) is 4.58. The number of para-hydroxylation sites is 1. The highest BCUT2D eigenvalue weighted by Crippen LogP contribution is 2.37. The van der Waals surface area contributed by atoms with Gasteiger partial charge < -0.3 is 15.1 Å². The molecule has 3 aliphatic rings. The number of hydrogen-bond acceptors (Lipinski definition) is 3. The van der Waals surface area contributed by atoms with Gasteiger partial charge in [-0.1, -0.05) is 35.9 Å². The minimum atomic E-state index is 0.0220. The summed E-state index contributed by atoms with van der Waals surface area (Å²) in [4.78, 5) is 18.0. The van der Waals surface area contributed by atoms with Crippen molar-refractivity contribution in [3.05, 3.63) is 59.7 Å². The second-order valence-corrected chi connectivity index (χ2v) is 8.26. The number of nitrogens with one attached hydrogen (secondary N) is 1. The first kappa shape index (κ1) is 16.7. The van der Waals surface area contributed by atoms with Crippen LogP contribution in [-0.4, -0.2) is 37.6 Å². The van der Waals surface area contributed by atoms with E-state index in [0.717, 1.165) is 38.9 Å². The van der Waals surface area contributed by atoms with Crippen LogP contribution < -0.4 is 15.1 Å². The normalized spacial score (nSPS) is 24.2. The number of hydrogen-bond donors (Lipinski definition) is 1. The molecular formula is C23H27N3O. The number of amides is 1. The minimum absolute atomic E-state index is 0.0220. The second kappa shape index (κ2) is 6.59. The minimum Gasteiger partial charge on any atom is -0.368 e. The Bertz CT molecular complexity index is 843. The highest BCUT2D eigenvalue weighted by Gasteiger charge is 2.42. The molecule has 2 fully saturated rings. The van der Waals surface area contributed by atoms with Crippen LogP contribution in [0.5, 0.6) is 0 Å². The van der Waals surface area contributed by atoms with E-state index >= 15 is 0 Å². The van der Waals surface area contributed by atoms with Gasteiger partial charge in [-0.25, -0.2) is 0 Å². The average molecular weight is 361 g/mol. The van der Waals surface area contributed by atoms with Crippen molar-refractivity contribution in [1.29, 1.82) is 0 Å². The number of carbonyl (C=O) groups excluding carboxylic acids is 1. The van der Waals surface area contributed by atoms with Gasteiger partial charge in [-0.2, -0.15) is 0 Å². The standard InChI is InChI=1S/C23H27N3O/c1-16-6-10-19(11-7-16)25-12-13-26-21-5-3-2-4-17(21)14-20(22(26)15-25)23(27)24-18-8-9-18/h2-7,10-11,18,20,22H,8-9,12-15H2,1H3,(H,24,27)/t20-,22+/m0/s1. The van der Waals surface area contributed by atoms with Gasteiger partial charge >= 0.3 is 0 Å². The number of fused-ring (bicyclic) bond motifs is 3. The van der Waals surface area contributed by atoms with E-state index in [2.05, 4.69) is 70.6 Å². The summed E-state index contributed by atoms with van der Waals surface area (Å²) in [6, 6.07) is 18.0. The lowest BCUT2D eigenvalue weighted by molar-refractivity contribution is -0.126. The van der Waals surface area contributed by atoms with Crippen LogP contribution >= 0.6 is 0 Å². The maximum absolute atomic E-state index is 13.0. The topological polar surface area (TPSA) is 35.6 Å². The van der Waals surface area contributed by atoms with E-state index in [1.54, 1.807) is 0 Å². The molecule has 4 heteroatoms. The fraction of sp³-hybridized carbons (Fsp3) is 0.435. The molecular weight excluding hydrogens is 334 g/mol. The van der Waals surface area contributed by atoms with Crippen molar-refractivity contribution in [3.8, 4) is 0 Å². The summed E-state index contributed by atoms with van der Waals surface area (Å²) >= 11 is 0. The lowest BCUT2D eigenvalue weighted by atomic mass is 9.83. The van der Waals surface area contributed by atoms with Crippen LogP contribution in [0.15, 0.2) is 48.5 Å². The Morgan fingerprint density at radius 2 is 1.81 bits per heavy atom. The van der Waals surface area contributed by atoms with Crippen molar-refractivity contribution in [2.24, 2.45) is 5.92 Å². The third kappa shape index (κ3) is 3.18. The molecule has 1 aliphatic carbocycles. The molecule has 2 aromatic rings. The van der Waals surface area contributed by atoms with Crippen LogP contribution in [0.3, 0.4) is 0 Å². The number of rotatable bonds is 3. The summed E-state index contributed by atoms with van der Waals surface area (Å²) in [5, 5.41) is 3.27. The van der Waals surface area contributed by atoms with E-state index in [1.807, 2.05) is 0 Å². The second-order valence-electron chi connectivity index (χ2n) is 8.26. The molecule has 0 bridgehead atoms. The molecule has 140 valence electrons. The van der Waals surface area contributed by atoms with Gasteiger partial charge in [-0.15, -0.1) is 0 Å². The molecule has 2 atom stereocenters. The van der Waals surface area contributed by atoms with Crippen molar-refractivity contribution < 1.29 is 4.79 Å². The quantitative estimate of drug-likeness (QED) is 0.912. The van der Waals surface area contributed by atoms with Gasteiger partial charge in [0.05, 0.1) is 12.0 Å². The lowest BCUT2D eigenvalue weighted by Gasteiger charge is -2.49. The van der Waals surface area contributed by atoms with Crippen LogP contribution in [0.4, 0.5) is 11.4 Å². The number of benzene rings is 2. The average Bonchev–Trinajstić information content (AvgIpc) is 3.51. The summed E-state index contributed by atoms with van der Waals surface area (Å²) in [5.41, 5.74) is 5.18. The first-order valence-corrected chi connectivity index (χ1v) is 10.2. The smallest absolute Gasteiger partial charge is 0.225 e. The van der Waals surface area contributed by atoms with Crippen LogP contribution in [0.25, 0.3) is 0 Å². The molecule has 0 unspecified atom stereocenters. The molecule has 1 amide bonds. The molecule has 0 aromatic heterocycles. The van der Waals surface area contributed by atoms with Crippen LogP contribution in [0.1, 0.15) is 24.0 Å². The van der Waals surface area contributed by atoms with Gasteiger partial charge in [0, 0.05) is 37.1 Å². The van der Waals surface area contributed by atoms with Gasteiger partial charge in [0.2, 0.25) is 5.91 Å². The number of nitrogens with zero attached hydrogens (tertiary/aromatic N) is 2. The Labute approximate surface area is 161 Å². The summed E-state index contributed by atoms with van der Waals surface area (Å²) in [6.07, 6.45) is 3.12. The highest BCUT2D eigenvalue weighted by molar-refractivity contribution is 5.83. The zero-order valence-corrected chi connectivity index (χ0v) is 15.9. The van der Waals surface area contributed by atoms with E-state index < -0.39 is 0 Å². The van der Waals surface area contributed by atoms with Crippen molar-refractivity contribution in [2.75, 3.05) is 29.4 Å². The van der Waals surface area contributed by atoms with Crippen LogP contribution in [-0.2, 0) is 11.2 Å². The fourth-order valence-corrected chi connectivity index (χ4v) is 4.58. The third-order valence-corrected chi connectivity index (χ3v) is 6.28. The molecule has 2 aromatic carbocycles. The number of carbonyl (C=O) groups is 1. The number of piperazine rings is 1. The molecule has 2 heterocycles. The molecule has 1 saturated carbocycles. The predicted octanol–water partition coefficient (Wildman–Crippen LogP) is 3.14. The lowest BCUT2D eigenvalue weighted by Crippen LogP contribution is -2.61. The Kier molecular flexibility index (Phi) is 4.07. The molecule has 5 rings (SSSR count). The zero-order chi connectivity index (χ0) is 18.4. The molecule has 0 radical (unpaired) electrons. The van der Waals surface area contributed by atoms with Crippen molar-refractivity contribution in [2.45, 2.75) is 38.3 Å². The van der Waals surface area contributed by atoms with E-state index in [-0.39, 0.29) is 17.9 Å². The van der Waals surface area contributed by atoms with Crippen molar-refractivity contribution >= 4 is 17.3 Å². The number of aryl methyl sites for hydroxylation is 1. The molecule has 4 nitrogen and oxygen atoms in total. The molecule has 1 N–H and O–H groups in total. The van der Waals surface area contributed by atoms with Crippen molar-refractivity contribution in [3.63, 3.8) is 0 Å². The maximum atomic E-state index is 13.0. The van der Waals surface area contributed by atoms with Crippen LogP contribution in [0.2, 0.25) is 0 Å². The van der Waals surface area contributed by atoms with Gasteiger partial charge in [-0.05, 0) is 49.9 Å². The van der Waals surface area contributed by atoms with E-state index in [9.17, 15) is 4.79 Å². The molecule has 0 spiro atoms. The summed E-state index contributed by atoms with van der Waals surface area (Å²) < 4.78 is 0. The molecule has 2 aliphatic heterocycles. The zero-order valence-electron chi connectivity index (χ0n) is 15.9. The Balaban J connectivity index is 1.44. The highest BCUT2D eigenvalue weighted by atomic mass is 16.2. The summed E-state index contributed by atoms with van der Waals surface area (Å²) in [7, 11) is 0. The number of anilines is 2. The summed E-state index contributed by atoms with van der Waals surface area (Å²) in [6.45, 7) is 4.98. The van der Waals surface area contributed by atoms with E-state index in [1.165, 1.54) is 22.5 Å². The van der Waals surface area contributed by atoms with Crippen molar-refractivity contribution in [1.82, 2.24) is 5.32 Å². The first-order valence-electron chi connectivity index (χ1n) is 10.2. The Hall–Kier alpha value is -2.49. The molecule has 1 saturated heterocycles. The largest absolute Gasteiger partial charge is 0.368 e. The first-order chi connectivity index (χ1) is 13.2. The van der Waals surface area contributed by atoms with Crippen LogP contribution in [0, 0.1) is 12.8 Å². The Morgan fingerprint density at radius 3 is 2.59 bits per heavy atom. The molecule has 27 heavy (non-hydrogen) atoms. The predicted molar refractivity (Wildman–Crippen MR) is 109 cm³/mol. The van der Waals surface area contributed by atoms with Gasteiger partial charge in [0.15, 0.2) is 0 Å². The van der Waals surface area contributed by atoms with E-state index in [4.69, 9.17) is 0 Å². The van der Waals surface area contributed by atoms with Gasteiger partial charge in [-0.3, -0.25) is 4.79 Å². The monoisotopic (exact) mass is 361 g/mol. The Morgan fingerprint density at radius 1 is 1.04 bits per heavy atom.